The van der Waals surface area contributed by atoms with Gasteiger partial charge in [-0.25, -0.2) is 4.98 Å². The zero-order valence-corrected chi connectivity index (χ0v) is 13.9. The SMILES string of the molecule is COc1ccc(-c2csc(N/N=C/c3ccc(Cl)cc3)n2)cc1. The zero-order valence-electron chi connectivity index (χ0n) is 12.4. The molecule has 0 bridgehead atoms. The van der Waals surface area contributed by atoms with E-state index in [4.69, 9.17) is 16.3 Å². The number of thiazole rings is 1. The summed E-state index contributed by atoms with van der Waals surface area (Å²) in [5, 5.41) is 7.62. The van der Waals surface area contributed by atoms with Crippen LogP contribution in [-0.2, 0) is 0 Å². The Kier molecular flexibility index (Phi) is 4.90. The smallest absolute Gasteiger partial charge is 0.203 e. The minimum atomic E-state index is 0.708. The highest BCUT2D eigenvalue weighted by Crippen LogP contribution is 2.26. The molecular weight excluding hydrogens is 330 g/mol. The largest absolute Gasteiger partial charge is 0.497 e. The lowest BCUT2D eigenvalue weighted by molar-refractivity contribution is 0.415. The first-order valence-electron chi connectivity index (χ1n) is 6.89. The maximum atomic E-state index is 5.85. The molecule has 0 saturated heterocycles. The molecule has 0 saturated carbocycles. The molecule has 0 aliphatic heterocycles. The summed E-state index contributed by atoms with van der Waals surface area (Å²) in [7, 11) is 1.65. The Morgan fingerprint density at radius 1 is 1.13 bits per heavy atom. The van der Waals surface area contributed by atoms with Gasteiger partial charge in [0.2, 0.25) is 5.13 Å². The highest BCUT2D eigenvalue weighted by molar-refractivity contribution is 7.14. The van der Waals surface area contributed by atoms with Crippen LogP contribution in [0.25, 0.3) is 11.3 Å². The van der Waals surface area contributed by atoms with Gasteiger partial charge >= 0.3 is 0 Å². The second-order valence-electron chi connectivity index (χ2n) is 4.69. The van der Waals surface area contributed by atoms with Gasteiger partial charge < -0.3 is 4.74 Å². The number of ether oxygens (including phenoxy) is 1. The molecule has 0 amide bonds. The minimum Gasteiger partial charge on any atom is -0.497 e. The number of nitrogens with zero attached hydrogens (tertiary/aromatic N) is 2. The Balaban J connectivity index is 1.65. The van der Waals surface area contributed by atoms with Crippen LogP contribution in [0.1, 0.15) is 5.56 Å². The van der Waals surface area contributed by atoms with Crippen molar-refractivity contribution >= 4 is 34.3 Å². The predicted molar refractivity (Wildman–Crippen MR) is 96.8 cm³/mol. The number of hydrogen-bond acceptors (Lipinski definition) is 5. The summed E-state index contributed by atoms with van der Waals surface area (Å²) < 4.78 is 5.16. The van der Waals surface area contributed by atoms with Crippen LogP contribution in [0.2, 0.25) is 5.02 Å². The summed E-state index contributed by atoms with van der Waals surface area (Å²) in [4.78, 5) is 4.51. The second kappa shape index (κ2) is 7.26. The van der Waals surface area contributed by atoms with E-state index in [1.807, 2.05) is 53.9 Å². The Morgan fingerprint density at radius 3 is 2.57 bits per heavy atom. The number of halogens is 1. The van der Waals surface area contributed by atoms with Crippen LogP contribution >= 0.6 is 22.9 Å². The van der Waals surface area contributed by atoms with Crippen LogP contribution in [0, 0.1) is 0 Å². The molecular formula is C17H14ClN3OS. The van der Waals surface area contributed by atoms with E-state index in [1.54, 1.807) is 13.3 Å². The van der Waals surface area contributed by atoms with Gasteiger partial charge in [0.05, 0.1) is 19.0 Å². The van der Waals surface area contributed by atoms with Crippen molar-refractivity contribution in [3.05, 3.63) is 64.5 Å². The van der Waals surface area contributed by atoms with E-state index in [0.29, 0.717) is 5.02 Å². The molecule has 3 aromatic rings. The third-order valence-electron chi connectivity index (χ3n) is 3.13. The van der Waals surface area contributed by atoms with Crippen molar-refractivity contribution in [2.24, 2.45) is 5.10 Å². The van der Waals surface area contributed by atoms with E-state index >= 15 is 0 Å². The van der Waals surface area contributed by atoms with Crippen molar-refractivity contribution in [2.45, 2.75) is 0 Å². The fraction of sp³-hybridized carbons (Fsp3) is 0.0588. The zero-order chi connectivity index (χ0) is 16.1. The van der Waals surface area contributed by atoms with Crippen molar-refractivity contribution in [2.75, 3.05) is 12.5 Å². The molecule has 2 aromatic carbocycles. The number of nitrogens with one attached hydrogen (secondary N) is 1. The standard InChI is InChI=1S/C17H14ClN3OS/c1-22-15-8-4-13(5-9-15)16-11-23-17(20-16)21-19-10-12-2-6-14(18)7-3-12/h2-11H,1H3,(H,20,21)/b19-10+. The van der Waals surface area contributed by atoms with Gasteiger partial charge in [0.15, 0.2) is 0 Å². The summed E-state index contributed by atoms with van der Waals surface area (Å²) in [6.45, 7) is 0. The lowest BCUT2D eigenvalue weighted by Crippen LogP contribution is -1.90. The maximum absolute atomic E-state index is 5.85. The molecule has 0 aliphatic carbocycles. The van der Waals surface area contributed by atoms with Crippen LogP contribution in [0.5, 0.6) is 5.75 Å². The summed E-state index contributed by atoms with van der Waals surface area (Å²) in [5.74, 6) is 0.829. The van der Waals surface area contributed by atoms with Crippen molar-refractivity contribution in [1.29, 1.82) is 0 Å². The van der Waals surface area contributed by atoms with Crippen LogP contribution in [-0.4, -0.2) is 18.3 Å². The highest BCUT2D eigenvalue weighted by atomic mass is 35.5. The fourth-order valence-corrected chi connectivity index (χ4v) is 2.72. The number of anilines is 1. The van der Waals surface area contributed by atoms with Crippen molar-refractivity contribution in [3.8, 4) is 17.0 Å². The molecule has 23 heavy (non-hydrogen) atoms. The van der Waals surface area contributed by atoms with Crippen LogP contribution < -0.4 is 10.2 Å². The minimum absolute atomic E-state index is 0.708. The monoisotopic (exact) mass is 343 g/mol. The molecule has 116 valence electrons. The number of benzene rings is 2. The van der Waals surface area contributed by atoms with Crippen molar-refractivity contribution < 1.29 is 4.74 Å². The van der Waals surface area contributed by atoms with Gasteiger partial charge in [0.1, 0.15) is 5.75 Å². The Hall–Kier alpha value is -2.37. The van der Waals surface area contributed by atoms with E-state index in [1.165, 1.54) is 11.3 Å². The molecule has 4 nitrogen and oxygen atoms in total. The molecule has 1 heterocycles. The van der Waals surface area contributed by atoms with Gasteiger partial charge in [0, 0.05) is 16.0 Å². The second-order valence-corrected chi connectivity index (χ2v) is 5.98. The number of hydrogen-bond donors (Lipinski definition) is 1. The van der Waals surface area contributed by atoms with Gasteiger partial charge in [-0.1, -0.05) is 23.7 Å². The maximum Gasteiger partial charge on any atom is 0.203 e. The normalized spacial score (nSPS) is 10.9. The van der Waals surface area contributed by atoms with Crippen LogP contribution in [0.4, 0.5) is 5.13 Å². The summed E-state index contributed by atoms with van der Waals surface area (Å²) >= 11 is 7.35. The first-order valence-corrected chi connectivity index (χ1v) is 8.15. The van der Waals surface area contributed by atoms with Gasteiger partial charge in [0.25, 0.3) is 0 Å². The number of aromatic nitrogens is 1. The van der Waals surface area contributed by atoms with Crippen molar-refractivity contribution in [1.82, 2.24) is 4.98 Å². The van der Waals surface area contributed by atoms with E-state index in [0.717, 1.165) is 27.7 Å². The lowest BCUT2D eigenvalue weighted by Gasteiger charge is -2.00. The Labute approximate surface area is 143 Å². The average molecular weight is 344 g/mol. The van der Waals surface area contributed by atoms with Gasteiger partial charge in [-0.3, -0.25) is 5.43 Å². The number of methoxy groups -OCH3 is 1. The third-order valence-corrected chi connectivity index (χ3v) is 4.13. The molecule has 6 heteroatoms. The average Bonchev–Trinajstić information content (AvgIpc) is 3.06. The number of rotatable bonds is 5. The Morgan fingerprint density at radius 2 is 1.87 bits per heavy atom. The van der Waals surface area contributed by atoms with E-state index in [2.05, 4.69) is 15.5 Å². The molecule has 1 N–H and O–H groups in total. The summed E-state index contributed by atoms with van der Waals surface area (Å²) in [6.07, 6.45) is 1.73. The summed E-state index contributed by atoms with van der Waals surface area (Å²) in [6, 6.07) is 15.3. The van der Waals surface area contributed by atoms with Gasteiger partial charge in [-0.2, -0.15) is 5.10 Å². The molecule has 0 spiro atoms. The molecule has 0 radical (unpaired) electrons. The first kappa shape index (κ1) is 15.5. The van der Waals surface area contributed by atoms with Gasteiger partial charge in [-0.05, 0) is 42.0 Å². The molecule has 0 fully saturated rings. The predicted octanol–water partition coefficient (Wildman–Crippen LogP) is 4.92. The molecule has 0 unspecified atom stereocenters. The van der Waals surface area contributed by atoms with Crippen molar-refractivity contribution in [3.63, 3.8) is 0 Å². The Bertz CT molecular complexity index is 797. The van der Waals surface area contributed by atoms with Crippen LogP contribution in [0.3, 0.4) is 0 Å². The lowest BCUT2D eigenvalue weighted by atomic mass is 10.2. The number of hydrazone groups is 1. The molecule has 1 aromatic heterocycles. The van der Waals surface area contributed by atoms with E-state index in [9.17, 15) is 0 Å². The molecule has 0 aliphatic rings. The first-order chi connectivity index (χ1) is 11.2. The van der Waals surface area contributed by atoms with Gasteiger partial charge in [-0.15, -0.1) is 11.3 Å². The third kappa shape index (κ3) is 4.09. The highest BCUT2D eigenvalue weighted by Gasteiger charge is 2.04. The van der Waals surface area contributed by atoms with E-state index in [-0.39, 0.29) is 0 Å². The quantitative estimate of drug-likeness (QED) is 0.528. The fourth-order valence-electron chi connectivity index (χ4n) is 1.93. The topological polar surface area (TPSA) is 46.5 Å². The molecule has 0 atom stereocenters. The van der Waals surface area contributed by atoms with Crippen LogP contribution in [0.15, 0.2) is 59.0 Å². The molecule has 3 rings (SSSR count). The summed E-state index contributed by atoms with van der Waals surface area (Å²) in [5.41, 5.74) is 5.85. The van der Waals surface area contributed by atoms with E-state index < -0.39 is 0 Å².